The fourth-order valence-corrected chi connectivity index (χ4v) is 2.84. The van der Waals surface area contributed by atoms with Gasteiger partial charge in [0.1, 0.15) is 11.6 Å². The van der Waals surface area contributed by atoms with Crippen LogP contribution in [0.2, 0.25) is 0 Å². The molecule has 0 unspecified atom stereocenters. The van der Waals surface area contributed by atoms with E-state index in [4.69, 9.17) is 4.74 Å². The predicted octanol–water partition coefficient (Wildman–Crippen LogP) is 3.91. The van der Waals surface area contributed by atoms with Gasteiger partial charge in [0.2, 0.25) is 0 Å². The molecule has 0 fully saturated rings. The van der Waals surface area contributed by atoms with Crippen molar-refractivity contribution in [2.24, 2.45) is 0 Å². The molecule has 0 saturated heterocycles. The molecule has 8 heteroatoms. The molecule has 2 aromatic carbocycles. The number of nitrogens with zero attached hydrogens (tertiary/aromatic N) is 1. The smallest absolute Gasteiger partial charge is 0.337 e. The lowest BCUT2D eigenvalue weighted by atomic mass is 9.98. The second kappa shape index (κ2) is 11.5. The van der Waals surface area contributed by atoms with E-state index in [1.165, 1.54) is 25.3 Å². The second-order valence-electron chi connectivity index (χ2n) is 6.20. The van der Waals surface area contributed by atoms with Crippen molar-refractivity contribution in [3.63, 3.8) is 0 Å². The number of carbonyl (C=O) groups is 2. The van der Waals surface area contributed by atoms with Gasteiger partial charge < -0.3 is 15.0 Å². The molecule has 0 aliphatic carbocycles. The van der Waals surface area contributed by atoms with Gasteiger partial charge in [0, 0.05) is 24.2 Å². The maximum atomic E-state index is 14.2. The Morgan fingerprint density at radius 1 is 1.03 bits per heavy atom. The van der Waals surface area contributed by atoms with Crippen LogP contribution in [-0.2, 0) is 4.74 Å². The molecule has 0 aromatic heterocycles. The Bertz CT molecular complexity index is 858. The first-order chi connectivity index (χ1) is 13.4. The summed E-state index contributed by atoms with van der Waals surface area (Å²) in [5.74, 6) is -2.35. The number of esters is 1. The highest BCUT2D eigenvalue weighted by molar-refractivity contribution is 5.99. The maximum Gasteiger partial charge on any atom is 0.337 e. The zero-order valence-electron chi connectivity index (χ0n) is 16.6. The van der Waals surface area contributed by atoms with Crippen LogP contribution in [0.25, 0.3) is 11.1 Å². The normalized spacial score (nSPS) is 10.4. The maximum absolute atomic E-state index is 14.2. The Labute approximate surface area is 175 Å². The van der Waals surface area contributed by atoms with Crippen molar-refractivity contribution in [1.82, 2.24) is 10.2 Å². The quantitative estimate of drug-likeness (QED) is 0.650. The van der Waals surface area contributed by atoms with Gasteiger partial charge in [-0.25, -0.2) is 13.6 Å². The van der Waals surface area contributed by atoms with Crippen molar-refractivity contribution in [3.05, 3.63) is 59.2 Å². The van der Waals surface area contributed by atoms with E-state index in [1.807, 2.05) is 13.8 Å². The van der Waals surface area contributed by atoms with Gasteiger partial charge in [-0.2, -0.15) is 0 Å². The molecule has 158 valence electrons. The number of methoxy groups -OCH3 is 1. The van der Waals surface area contributed by atoms with Crippen LogP contribution in [-0.4, -0.2) is 50.1 Å². The summed E-state index contributed by atoms with van der Waals surface area (Å²) in [6.45, 7) is 6.91. The molecule has 0 saturated carbocycles. The Hall–Kier alpha value is -2.51. The van der Waals surface area contributed by atoms with Crippen molar-refractivity contribution in [2.45, 2.75) is 13.8 Å². The van der Waals surface area contributed by atoms with Gasteiger partial charge in [-0.1, -0.05) is 13.8 Å². The highest BCUT2D eigenvalue weighted by Crippen LogP contribution is 2.26. The highest BCUT2D eigenvalue weighted by atomic mass is 35.5. The molecule has 1 N–H and O–H groups in total. The number of halogens is 3. The molecule has 0 heterocycles. The van der Waals surface area contributed by atoms with E-state index in [1.54, 1.807) is 0 Å². The van der Waals surface area contributed by atoms with E-state index in [0.717, 1.165) is 31.3 Å². The molecule has 5 nitrogen and oxygen atoms in total. The zero-order chi connectivity index (χ0) is 20.7. The van der Waals surface area contributed by atoms with Gasteiger partial charge in [-0.15, -0.1) is 12.4 Å². The van der Waals surface area contributed by atoms with Gasteiger partial charge in [-0.3, -0.25) is 4.79 Å². The van der Waals surface area contributed by atoms with Crippen LogP contribution >= 0.6 is 12.4 Å². The monoisotopic (exact) mass is 426 g/mol. The molecular formula is C21H25ClF2N2O3. The van der Waals surface area contributed by atoms with Crippen LogP contribution in [0.15, 0.2) is 36.4 Å². The topological polar surface area (TPSA) is 58.6 Å². The van der Waals surface area contributed by atoms with Gasteiger partial charge in [0.15, 0.2) is 0 Å². The predicted molar refractivity (Wildman–Crippen MR) is 111 cm³/mol. The third-order valence-electron chi connectivity index (χ3n) is 4.46. The Morgan fingerprint density at radius 3 is 2.31 bits per heavy atom. The average Bonchev–Trinajstić information content (AvgIpc) is 2.71. The van der Waals surface area contributed by atoms with E-state index in [0.29, 0.717) is 13.1 Å². The molecule has 0 aliphatic heterocycles. The fraction of sp³-hybridized carbons (Fsp3) is 0.333. The van der Waals surface area contributed by atoms with E-state index in [-0.39, 0.29) is 34.7 Å². The third kappa shape index (κ3) is 6.51. The average molecular weight is 427 g/mol. The molecule has 0 spiro atoms. The van der Waals surface area contributed by atoms with Gasteiger partial charge in [0.05, 0.1) is 12.7 Å². The fourth-order valence-electron chi connectivity index (χ4n) is 2.84. The number of amides is 1. The summed E-state index contributed by atoms with van der Waals surface area (Å²) in [4.78, 5) is 26.7. The molecule has 0 radical (unpaired) electrons. The van der Waals surface area contributed by atoms with Crippen LogP contribution < -0.4 is 5.32 Å². The summed E-state index contributed by atoms with van der Waals surface area (Å²) in [5, 5.41) is 2.79. The lowest BCUT2D eigenvalue weighted by Gasteiger charge is -2.18. The van der Waals surface area contributed by atoms with Gasteiger partial charge >= 0.3 is 5.97 Å². The largest absolute Gasteiger partial charge is 0.465 e. The number of hydrogen-bond acceptors (Lipinski definition) is 4. The number of carbonyl (C=O) groups excluding carboxylic acids is 2. The summed E-state index contributed by atoms with van der Waals surface area (Å²) >= 11 is 0. The molecule has 0 bridgehead atoms. The summed E-state index contributed by atoms with van der Waals surface area (Å²) < 4.78 is 32.5. The molecule has 2 aromatic rings. The van der Waals surface area contributed by atoms with Crippen molar-refractivity contribution in [1.29, 1.82) is 0 Å². The molecule has 0 atom stereocenters. The van der Waals surface area contributed by atoms with Gasteiger partial charge in [0.25, 0.3) is 5.91 Å². The Balaban J connectivity index is 0.00000420. The molecular weight excluding hydrogens is 402 g/mol. The lowest BCUT2D eigenvalue weighted by molar-refractivity contribution is 0.0600. The van der Waals surface area contributed by atoms with Crippen LogP contribution in [0.3, 0.4) is 0 Å². The molecule has 1 amide bonds. The summed E-state index contributed by atoms with van der Waals surface area (Å²) in [6, 6.07) is 7.20. The Kier molecular flexibility index (Phi) is 9.71. The zero-order valence-corrected chi connectivity index (χ0v) is 17.4. The van der Waals surface area contributed by atoms with E-state index in [2.05, 4.69) is 10.2 Å². The minimum atomic E-state index is -0.671. The highest BCUT2D eigenvalue weighted by Gasteiger charge is 2.16. The SMILES string of the molecule is CCN(CC)CCNC(=O)c1cc(C(=O)OC)cc(-c2cc(F)ccc2F)c1.Cl. The number of rotatable bonds is 8. The first-order valence-electron chi connectivity index (χ1n) is 9.09. The molecule has 2 rings (SSSR count). The first-order valence-corrected chi connectivity index (χ1v) is 9.09. The first kappa shape index (κ1) is 24.5. The van der Waals surface area contributed by atoms with E-state index < -0.39 is 23.5 Å². The number of benzene rings is 2. The standard InChI is InChI=1S/C21H24F2N2O3.ClH/c1-4-25(5-2)9-8-24-20(26)15-10-14(11-16(12-15)21(27)28-3)18-13-17(22)6-7-19(18)23;/h6-7,10-13H,4-5,8-9H2,1-3H3,(H,24,26);1H. The van der Waals surface area contributed by atoms with Crippen LogP contribution in [0.4, 0.5) is 8.78 Å². The summed E-state index contributed by atoms with van der Waals surface area (Å²) in [5.41, 5.74) is 0.426. The van der Waals surface area contributed by atoms with E-state index >= 15 is 0 Å². The van der Waals surface area contributed by atoms with E-state index in [9.17, 15) is 18.4 Å². The van der Waals surface area contributed by atoms with Crippen molar-refractivity contribution >= 4 is 24.3 Å². The number of hydrogen-bond donors (Lipinski definition) is 1. The van der Waals surface area contributed by atoms with Gasteiger partial charge in [-0.05, 0) is 55.1 Å². The molecule has 0 aliphatic rings. The van der Waals surface area contributed by atoms with Crippen molar-refractivity contribution in [3.8, 4) is 11.1 Å². The third-order valence-corrected chi connectivity index (χ3v) is 4.46. The molecule has 29 heavy (non-hydrogen) atoms. The minimum absolute atomic E-state index is 0. The minimum Gasteiger partial charge on any atom is -0.465 e. The van der Waals surface area contributed by atoms with Crippen LogP contribution in [0, 0.1) is 11.6 Å². The number of nitrogens with one attached hydrogen (secondary N) is 1. The number of ether oxygens (including phenoxy) is 1. The lowest BCUT2D eigenvalue weighted by Crippen LogP contribution is -2.34. The second-order valence-corrected chi connectivity index (χ2v) is 6.20. The summed E-state index contributed by atoms with van der Waals surface area (Å²) in [6.07, 6.45) is 0. The van der Waals surface area contributed by atoms with Crippen LogP contribution in [0.1, 0.15) is 34.6 Å². The van der Waals surface area contributed by atoms with Crippen LogP contribution in [0.5, 0.6) is 0 Å². The van der Waals surface area contributed by atoms with Crippen molar-refractivity contribution < 1.29 is 23.1 Å². The summed E-state index contributed by atoms with van der Waals surface area (Å²) in [7, 11) is 1.21. The number of likely N-dealkylation sites (N-methyl/N-ethyl adjacent to an activating group) is 1. The Morgan fingerprint density at radius 2 is 1.69 bits per heavy atom. The van der Waals surface area contributed by atoms with Crippen molar-refractivity contribution in [2.75, 3.05) is 33.3 Å².